The van der Waals surface area contributed by atoms with Crippen molar-refractivity contribution in [3.05, 3.63) is 35.5 Å². The van der Waals surface area contributed by atoms with Crippen molar-refractivity contribution in [2.75, 3.05) is 0 Å². The number of thiazole rings is 1. The van der Waals surface area contributed by atoms with E-state index in [2.05, 4.69) is 4.98 Å². The molecule has 0 bridgehead atoms. The van der Waals surface area contributed by atoms with E-state index in [1.54, 1.807) is 31.4 Å². The largest absolute Gasteiger partial charge is 0.390 e. The van der Waals surface area contributed by atoms with Gasteiger partial charge in [0.25, 0.3) is 5.52 Å². The standard InChI is InChI=1S/C14H15N2O2S/c1-14(2,17)7-12-15-10-8-16(18)11-6-4-3-5-9(11)13(10)19-12/h3-6,8,17-18H,7H2,1-2H3/q+1. The molecular weight excluding hydrogens is 260 g/mol. The lowest BCUT2D eigenvalue weighted by Crippen LogP contribution is -2.30. The summed E-state index contributed by atoms with van der Waals surface area (Å²) < 4.78 is 2.14. The highest BCUT2D eigenvalue weighted by Gasteiger charge is 2.20. The zero-order valence-corrected chi connectivity index (χ0v) is 11.6. The molecule has 2 N–H and O–H groups in total. The number of para-hydroxylation sites is 1. The van der Waals surface area contributed by atoms with Crippen molar-refractivity contribution >= 4 is 32.5 Å². The number of aliphatic hydroxyl groups is 1. The fraction of sp³-hybridized carbons (Fsp3) is 0.286. The summed E-state index contributed by atoms with van der Waals surface area (Å²) in [7, 11) is 0. The van der Waals surface area contributed by atoms with E-state index >= 15 is 0 Å². The van der Waals surface area contributed by atoms with Gasteiger partial charge in [-0.3, -0.25) is 5.21 Å². The van der Waals surface area contributed by atoms with Gasteiger partial charge in [0.2, 0.25) is 6.20 Å². The summed E-state index contributed by atoms with van der Waals surface area (Å²) in [6, 6.07) is 7.66. The lowest BCUT2D eigenvalue weighted by Gasteiger charge is -2.13. The molecular formula is C14H15N2O2S+. The van der Waals surface area contributed by atoms with Crippen molar-refractivity contribution in [1.29, 1.82) is 0 Å². The van der Waals surface area contributed by atoms with Gasteiger partial charge in [-0.2, -0.15) is 0 Å². The molecule has 1 aromatic carbocycles. The number of aromatic nitrogens is 2. The maximum absolute atomic E-state index is 9.94. The second-order valence-corrected chi connectivity index (χ2v) is 6.39. The third kappa shape index (κ3) is 2.27. The number of fused-ring (bicyclic) bond motifs is 3. The van der Waals surface area contributed by atoms with Crippen LogP contribution < -0.4 is 4.73 Å². The predicted octanol–water partition coefficient (Wildman–Crippen LogP) is 2.29. The van der Waals surface area contributed by atoms with Crippen LogP contribution in [0.2, 0.25) is 0 Å². The van der Waals surface area contributed by atoms with Crippen LogP contribution in [0.15, 0.2) is 30.5 Å². The highest BCUT2D eigenvalue weighted by atomic mass is 32.1. The summed E-state index contributed by atoms with van der Waals surface area (Å²) in [6.45, 7) is 3.53. The third-order valence-electron chi connectivity index (χ3n) is 2.92. The molecule has 0 aliphatic carbocycles. The predicted molar refractivity (Wildman–Crippen MR) is 74.5 cm³/mol. The molecule has 0 saturated heterocycles. The second kappa shape index (κ2) is 4.15. The summed E-state index contributed by atoms with van der Waals surface area (Å²) in [6.07, 6.45) is 2.12. The average Bonchev–Trinajstić information content (AvgIpc) is 2.69. The van der Waals surface area contributed by atoms with Crippen LogP contribution in [0.25, 0.3) is 21.1 Å². The van der Waals surface area contributed by atoms with Crippen LogP contribution in [0, 0.1) is 0 Å². The van der Waals surface area contributed by atoms with Crippen LogP contribution >= 0.6 is 11.3 Å². The summed E-state index contributed by atoms with van der Waals surface area (Å²) in [5.74, 6) is 0. The molecule has 98 valence electrons. The van der Waals surface area contributed by atoms with E-state index in [1.807, 2.05) is 24.3 Å². The van der Waals surface area contributed by atoms with Gasteiger partial charge >= 0.3 is 0 Å². The summed E-state index contributed by atoms with van der Waals surface area (Å²) in [4.78, 5) is 4.49. The molecule has 0 saturated carbocycles. The quantitative estimate of drug-likeness (QED) is 0.557. The Hall–Kier alpha value is -1.72. The van der Waals surface area contributed by atoms with Crippen molar-refractivity contribution in [2.24, 2.45) is 0 Å². The first-order valence-electron chi connectivity index (χ1n) is 6.08. The Morgan fingerprint density at radius 2 is 2.05 bits per heavy atom. The Kier molecular flexibility index (Phi) is 2.69. The van der Waals surface area contributed by atoms with Crippen LogP contribution in [0.4, 0.5) is 0 Å². The molecule has 3 rings (SSSR count). The summed E-state index contributed by atoms with van der Waals surface area (Å²) in [5, 5.41) is 21.7. The molecule has 0 fully saturated rings. The minimum absolute atomic E-state index is 0.506. The van der Waals surface area contributed by atoms with E-state index in [9.17, 15) is 10.3 Å². The minimum atomic E-state index is -0.779. The van der Waals surface area contributed by atoms with E-state index in [1.165, 1.54) is 0 Å². The first-order valence-corrected chi connectivity index (χ1v) is 6.90. The van der Waals surface area contributed by atoms with E-state index in [4.69, 9.17) is 0 Å². The Labute approximate surface area is 114 Å². The van der Waals surface area contributed by atoms with E-state index < -0.39 is 5.60 Å². The molecule has 2 aromatic heterocycles. The zero-order valence-electron chi connectivity index (χ0n) is 10.8. The molecule has 3 aromatic rings. The molecule has 0 atom stereocenters. The van der Waals surface area contributed by atoms with Gasteiger partial charge in [0.05, 0.1) is 20.7 Å². The van der Waals surface area contributed by atoms with E-state index in [0.717, 1.165) is 30.9 Å². The molecule has 0 radical (unpaired) electrons. The maximum atomic E-state index is 9.94. The van der Waals surface area contributed by atoms with Crippen LogP contribution in [-0.4, -0.2) is 20.9 Å². The van der Waals surface area contributed by atoms with Crippen molar-refractivity contribution in [1.82, 2.24) is 4.98 Å². The number of benzene rings is 1. The maximum Gasteiger partial charge on any atom is 0.266 e. The van der Waals surface area contributed by atoms with Gasteiger partial charge in [0.15, 0.2) is 5.52 Å². The van der Waals surface area contributed by atoms with Gasteiger partial charge in [-0.25, -0.2) is 4.98 Å². The SMILES string of the molecule is CC(C)(O)Cc1nc2c[n+](O)c3ccccc3c2s1. The van der Waals surface area contributed by atoms with Crippen LogP contribution in [0.3, 0.4) is 0 Å². The average molecular weight is 275 g/mol. The fourth-order valence-corrected chi connectivity index (χ4v) is 3.45. The number of hydrogen-bond donors (Lipinski definition) is 2. The van der Waals surface area contributed by atoms with Crippen LogP contribution in [0.5, 0.6) is 0 Å². The smallest absolute Gasteiger partial charge is 0.266 e. The highest BCUT2D eigenvalue weighted by molar-refractivity contribution is 7.19. The minimum Gasteiger partial charge on any atom is -0.390 e. The number of hydrogen-bond acceptors (Lipinski definition) is 4. The van der Waals surface area contributed by atoms with Crippen molar-refractivity contribution in [3.63, 3.8) is 0 Å². The molecule has 0 spiro atoms. The highest BCUT2D eigenvalue weighted by Crippen LogP contribution is 2.29. The molecule has 0 unspecified atom stereocenters. The normalized spacial score (nSPS) is 12.4. The van der Waals surface area contributed by atoms with Gasteiger partial charge in [-0.1, -0.05) is 12.1 Å². The molecule has 4 nitrogen and oxygen atoms in total. The first kappa shape index (κ1) is 12.3. The van der Waals surface area contributed by atoms with Gasteiger partial charge < -0.3 is 5.11 Å². The van der Waals surface area contributed by atoms with E-state index in [-0.39, 0.29) is 0 Å². The topological polar surface area (TPSA) is 57.2 Å². The van der Waals surface area contributed by atoms with Crippen molar-refractivity contribution < 1.29 is 15.0 Å². The molecule has 0 aliphatic rings. The fourth-order valence-electron chi connectivity index (χ4n) is 2.15. The van der Waals surface area contributed by atoms with Gasteiger partial charge in [-0.05, 0) is 19.9 Å². The lowest BCUT2D eigenvalue weighted by molar-refractivity contribution is -0.883. The Bertz CT molecular complexity index is 759. The van der Waals surface area contributed by atoms with Gasteiger partial charge in [-0.15, -0.1) is 11.3 Å². The second-order valence-electron chi connectivity index (χ2n) is 5.30. The molecule has 5 heteroatoms. The number of pyridine rings is 1. The third-order valence-corrected chi connectivity index (χ3v) is 4.03. The lowest BCUT2D eigenvalue weighted by atomic mass is 10.1. The van der Waals surface area contributed by atoms with Gasteiger partial charge in [0.1, 0.15) is 0 Å². The molecule has 0 amide bonds. The monoisotopic (exact) mass is 275 g/mol. The Morgan fingerprint density at radius 3 is 2.79 bits per heavy atom. The molecule has 19 heavy (non-hydrogen) atoms. The van der Waals surface area contributed by atoms with Crippen molar-refractivity contribution in [3.8, 4) is 0 Å². The first-order chi connectivity index (χ1) is 8.94. The van der Waals surface area contributed by atoms with Crippen molar-refractivity contribution in [2.45, 2.75) is 25.9 Å². The number of nitrogens with zero attached hydrogens (tertiary/aromatic N) is 2. The Morgan fingerprint density at radius 1 is 1.32 bits per heavy atom. The summed E-state index contributed by atoms with van der Waals surface area (Å²) in [5.41, 5.74) is 0.734. The Balaban J connectivity index is 2.25. The zero-order chi connectivity index (χ0) is 13.6. The molecule has 2 heterocycles. The summed E-state index contributed by atoms with van der Waals surface area (Å²) >= 11 is 1.57. The van der Waals surface area contributed by atoms with E-state index in [0.29, 0.717) is 6.42 Å². The number of rotatable bonds is 2. The van der Waals surface area contributed by atoms with Crippen LogP contribution in [-0.2, 0) is 6.42 Å². The molecule has 0 aliphatic heterocycles. The van der Waals surface area contributed by atoms with Crippen LogP contribution in [0.1, 0.15) is 18.9 Å². The van der Waals surface area contributed by atoms with Gasteiger partial charge in [0, 0.05) is 17.2 Å².